The lowest BCUT2D eigenvalue weighted by Gasteiger charge is -2.42. The third kappa shape index (κ3) is 3.20. The molecule has 0 spiro atoms. The van der Waals surface area contributed by atoms with Gasteiger partial charge in [0.2, 0.25) is 0 Å². The van der Waals surface area contributed by atoms with E-state index in [1.54, 1.807) is 0 Å². The molecule has 1 saturated heterocycles. The van der Waals surface area contributed by atoms with Crippen LogP contribution in [0.4, 0.5) is 10.5 Å². The number of amides is 2. The lowest BCUT2D eigenvalue weighted by molar-refractivity contribution is 0.169. The van der Waals surface area contributed by atoms with E-state index in [-0.39, 0.29) is 17.6 Å². The predicted octanol–water partition coefficient (Wildman–Crippen LogP) is 2.02. The number of urea groups is 1. The first-order valence-corrected chi connectivity index (χ1v) is 8.42. The highest BCUT2D eigenvalue weighted by Gasteiger charge is 2.36. The van der Waals surface area contributed by atoms with Crippen molar-refractivity contribution in [1.82, 2.24) is 20.4 Å². The Balaban J connectivity index is 1.53. The number of rotatable bonds is 4. The van der Waals surface area contributed by atoms with Gasteiger partial charge in [-0.25, -0.2) is 4.79 Å². The minimum absolute atomic E-state index is 0.000383. The minimum Gasteiger partial charge on any atom is -0.367 e. The Bertz CT molecular complexity index is 517. The molecule has 1 aromatic heterocycles. The van der Waals surface area contributed by atoms with Crippen molar-refractivity contribution >= 4 is 11.7 Å². The first-order valence-electron chi connectivity index (χ1n) is 8.42. The van der Waals surface area contributed by atoms with Crippen molar-refractivity contribution in [2.24, 2.45) is 7.05 Å². The van der Waals surface area contributed by atoms with Crippen molar-refractivity contribution in [2.75, 3.05) is 18.0 Å². The average molecular weight is 305 g/mol. The van der Waals surface area contributed by atoms with Gasteiger partial charge in [0.05, 0.1) is 11.9 Å². The number of aromatic nitrogens is 2. The van der Waals surface area contributed by atoms with E-state index in [2.05, 4.69) is 27.6 Å². The zero-order chi connectivity index (χ0) is 15.6. The van der Waals surface area contributed by atoms with Gasteiger partial charge < -0.3 is 15.5 Å². The first kappa shape index (κ1) is 15.2. The summed E-state index contributed by atoms with van der Waals surface area (Å²) in [5.74, 6) is 0. The number of hydrogen-bond donors (Lipinski definition) is 2. The molecule has 0 bridgehead atoms. The number of aryl methyl sites for hydroxylation is 1. The maximum Gasteiger partial charge on any atom is 0.315 e. The molecule has 2 fully saturated rings. The van der Waals surface area contributed by atoms with Crippen LogP contribution in [0, 0.1) is 0 Å². The van der Waals surface area contributed by atoms with Crippen LogP contribution in [0.1, 0.15) is 45.4 Å². The smallest absolute Gasteiger partial charge is 0.315 e. The third-order valence-corrected chi connectivity index (χ3v) is 5.18. The molecule has 1 atom stereocenters. The molecule has 1 aromatic rings. The molecular weight excluding hydrogens is 278 g/mol. The standard InChI is InChI=1S/C16H27N5O/c1-3-16(7-5-8-16)19-15(22)18-13-6-4-9-21(11-13)14-10-17-20(2)12-14/h10,12-13H,3-9,11H2,1-2H3,(H2,18,19,22). The van der Waals surface area contributed by atoms with Gasteiger partial charge in [-0.05, 0) is 38.5 Å². The molecule has 2 N–H and O–H groups in total. The molecule has 6 heteroatoms. The second-order valence-corrected chi connectivity index (χ2v) is 6.74. The topological polar surface area (TPSA) is 62.2 Å². The largest absolute Gasteiger partial charge is 0.367 e. The molecule has 0 aromatic carbocycles. The van der Waals surface area contributed by atoms with Crippen LogP contribution in [0.3, 0.4) is 0 Å². The lowest BCUT2D eigenvalue weighted by atomic mass is 9.75. The molecule has 1 unspecified atom stereocenters. The summed E-state index contributed by atoms with van der Waals surface area (Å²) in [7, 11) is 1.93. The Labute approximate surface area is 132 Å². The average Bonchev–Trinajstić information content (AvgIpc) is 2.90. The summed E-state index contributed by atoms with van der Waals surface area (Å²) in [5.41, 5.74) is 1.19. The van der Waals surface area contributed by atoms with Crippen molar-refractivity contribution < 1.29 is 4.79 Å². The van der Waals surface area contributed by atoms with Gasteiger partial charge in [0, 0.05) is 37.9 Å². The lowest BCUT2D eigenvalue weighted by Crippen LogP contribution is -2.59. The Hall–Kier alpha value is -1.72. The molecular formula is C16H27N5O. The predicted molar refractivity (Wildman–Crippen MR) is 87.0 cm³/mol. The van der Waals surface area contributed by atoms with E-state index in [0.717, 1.165) is 50.9 Å². The minimum atomic E-state index is -0.000383. The normalized spacial score (nSPS) is 23.7. The van der Waals surface area contributed by atoms with E-state index in [0.29, 0.717) is 0 Å². The molecule has 122 valence electrons. The Morgan fingerprint density at radius 3 is 2.86 bits per heavy atom. The number of nitrogens with one attached hydrogen (secondary N) is 2. The zero-order valence-electron chi connectivity index (χ0n) is 13.6. The van der Waals surface area contributed by atoms with Crippen LogP contribution < -0.4 is 15.5 Å². The van der Waals surface area contributed by atoms with Gasteiger partial charge >= 0.3 is 6.03 Å². The number of nitrogens with zero attached hydrogens (tertiary/aromatic N) is 3. The second kappa shape index (κ2) is 6.18. The summed E-state index contributed by atoms with van der Waals surface area (Å²) in [6, 6.07) is 0.211. The van der Waals surface area contributed by atoms with Crippen LogP contribution in [0.25, 0.3) is 0 Å². The van der Waals surface area contributed by atoms with Gasteiger partial charge in [-0.2, -0.15) is 5.10 Å². The maximum atomic E-state index is 12.3. The van der Waals surface area contributed by atoms with Crippen molar-refractivity contribution in [3.8, 4) is 0 Å². The highest BCUT2D eigenvalue weighted by atomic mass is 16.2. The summed E-state index contributed by atoms with van der Waals surface area (Å²) in [4.78, 5) is 14.6. The monoisotopic (exact) mass is 305 g/mol. The Kier molecular flexibility index (Phi) is 4.27. The summed E-state index contributed by atoms with van der Waals surface area (Å²) in [6.45, 7) is 4.05. The van der Waals surface area contributed by atoms with Crippen LogP contribution in [0.15, 0.2) is 12.4 Å². The van der Waals surface area contributed by atoms with Crippen molar-refractivity contribution in [3.63, 3.8) is 0 Å². The molecule has 6 nitrogen and oxygen atoms in total. The Morgan fingerprint density at radius 2 is 2.27 bits per heavy atom. The van der Waals surface area contributed by atoms with Gasteiger partial charge in [-0.3, -0.25) is 4.68 Å². The molecule has 1 saturated carbocycles. The van der Waals surface area contributed by atoms with Gasteiger partial charge in [0.1, 0.15) is 0 Å². The number of carbonyl (C=O) groups excluding carboxylic acids is 1. The van der Waals surface area contributed by atoms with Gasteiger partial charge in [-0.15, -0.1) is 0 Å². The number of hydrogen-bond acceptors (Lipinski definition) is 3. The molecule has 3 rings (SSSR count). The molecule has 22 heavy (non-hydrogen) atoms. The van der Waals surface area contributed by atoms with Crippen molar-refractivity contribution in [2.45, 2.75) is 57.0 Å². The fourth-order valence-electron chi connectivity index (χ4n) is 3.53. The van der Waals surface area contributed by atoms with Crippen LogP contribution in [0.2, 0.25) is 0 Å². The van der Waals surface area contributed by atoms with Gasteiger partial charge in [-0.1, -0.05) is 6.92 Å². The van der Waals surface area contributed by atoms with E-state index in [1.165, 1.54) is 6.42 Å². The molecule has 0 radical (unpaired) electrons. The summed E-state index contributed by atoms with van der Waals surface area (Å²) < 4.78 is 1.82. The molecule has 2 amide bonds. The molecule has 1 aliphatic carbocycles. The van der Waals surface area contributed by atoms with E-state index < -0.39 is 0 Å². The van der Waals surface area contributed by atoms with Crippen LogP contribution in [0.5, 0.6) is 0 Å². The van der Waals surface area contributed by atoms with Crippen LogP contribution in [-0.2, 0) is 7.05 Å². The van der Waals surface area contributed by atoms with Gasteiger partial charge in [0.15, 0.2) is 0 Å². The summed E-state index contributed by atoms with van der Waals surface area (Å²) in [6.07, 6.45) is 10.5. The van der Waals surface area contributed by atoms with Crippen LogP contribution >= 0.6 is 0 Å². The quantitative estimate of drug-likeness (QED) is 0.894. The summed E-state index contributed by atoms with van der Waals surface area (Å²) >= 11 is 0. The SMILES string of the molecule is CCC1(NC(=O)NC2CCCN(c3cnn(C)c3)C2)CCC1. The molecule has 1 aliphatic heterocycles. The number of piperidine rings is 1. The maximum absolute atomic E-state index is 12.3. The fraction of sp³-hybridized carbons (Fsp3) is 0.750. The third-order valence-electron chi connectivity index (χ3n) is 5.18. The van der Waals surface area contributed by atoms with E-state index in [9.17, 15) is 4.79 Å². The Morgan fingerprint density at radius 1 is 1.45 bits per heavy atom. The molecule has 2 aliphatic rings. The van der Waals surface area contributed by atoms with E-state index >= 15 is 0 Å². The first-order chi connectivity index (χ1) is 10.6. The van der Waals surface area contributed by atoms with Crippen molar-refractivity contribution in [3.05, 3.63) is 12.4 Å². The van der Waals surface area contributed by atoms with E-state index in [4.69, 9.17) is 0 Å². The second-order valence-electron chi connectivity index (χ2n) is 6.74. The number of carbonyl (C=O) groups is 1. The highest BCUT2D eigenvalue weighted by molar-refractivity contribution is 5.75. The summed E-state index contributed by atoms with van der Waals surface area (Å²) in [5, 5.41) is 10.6. The van der Waals surface area contributed by atoms with Crippen molar-refractivity contribution in [1.29, 1.82) is 0 Å². The fourth-order valence-corrected chi connectivity index (χ4v) is 3.53. The number of anilines is 1. The molecule has 2 heterocycles. The van der Waals surface area contributed by atoms with Crippen LogP contribution in [-0.4, -0.2) is 40.5 Å². The zero-order valence-corrected chi connectivity index (χ0v) is 13.6. The van der Waals surface area contributed by atoms with E-state index in [1.807, 2.05) is 24.1 Å². The van der Waals surface area contributed by atoms with Gasteiger partial charge in [0.25, 0.3) is 0 Å². The highest BCUT2D eigenvalue weighted by Crippen LogP contribution is 2.34.